The quantitative estimate of drug-likeness (QED) is 0.831. The lowest BCUT2D eigenvalue weighted by Gasteiger charge is -2.20. The second-order valence-corrected chi connectivity index (χ2v) is 5.53. The van der Waals surface area contributed by atoms with E-state index in [1.165, 1.54) is 12.7 Å². The highest BCUT2D eigenvalue weighted by atomic mass is 16.6. The molecule has 0 amide bonds. The number of esters is 1. The molecule has 1 aromatic carbocycles. The maximum atomic E-state index is 11.2. The molecule has 1 aromatic rings. The topological polar surface area (TPSA) is 47.6 Å². The van der Waals surface area contributed by atoms with E-state index in [9.17, 15) is 4.79 Å². The van der Waals surface area contributed by atoms with Crippen LogP contribution >= 0.6 is 0 Å². The lowest BCUT2D eigenvalue weighted by Crippen LogP contribution is -2.35. The van der Waals surface area contributed by atoms with Gasteiger partial charge < -0.3 is 14.8 Å². The summed E-state index contributed by atoms with van der Waals surface area (Å²) in [5, 5.41) is 3.41. The molecule has 0 radical (unpaired) electrons. The van der Waals surface area contributed by atoms with Crippen molar-refractivity contribution in [2.45, 2.75) is 45.9 Å². The Morgan fingerprint density at radius 2 is 1.84 bits per heavy atom. The number of methoxy groups -OCH3 is 1. The Bertz CT molecular complexity index is 406. The number of carbonyl (C=O) groups is 1. The van der Waals surface area contributed by atoms with Crippen LogP contribution in [0.1, 0.15) is 33.3 Å². The van der Waals surface area contributed by atoms with Crippen molar-refractivity contribution in [3.05, 3.63) is 29.8 Å². The summed E-state index contributed by atoms with van der Waals surface area (Å²) in [6, 6.07) is 7.69. The first-order valence-electron chi connectivity index (χ1n) is 6.40. The third-order valence-corrected chi connectivity index (χ3v) is 2.59. The number of hydrogen-bond acceptors (Lipinski definition) is 4. The molecule has 1 unspecified atom stereocenters. The summed E-state index contributed by atoms with van der Waals surface area (Å²) in [6.45, 7) is 8.85. The monoisotopic (exact) mass is 265 g/mol. The van der Waals surface area contributed by atoms with Gasteiger partial charge >= 0.3 is 5.97 Å². The first-order valence-corrected chi connectivity index (χ1v) is 6.40. The Morgan fingerprint density at radius 1 is 1.26 bits per heavy atom. The summed E-state index contributed by atoms with van der Waals surface area (Å²) < 4.78 is 10.1. The smallest absolute Gasteiger partial charge is 0.346 e. The molecule has 1 N–H and O–H groups in total. The van der Waals surface area contributed by atoms with Crippen molar-refractivity contribution < 1.29 is 14.3 Å². The third kappa shape index (κ3) is 5.75. The molecule has 4 nitrogen and oxygen atoms in total. The molecule has 19 heavy (non-hydrogen) atoms. The molecule has 4 heteroatoms. The van der Waals surface area contributed by atoms with Crippen molar-refractivity contribution in [2.75, 3.05) is 7.11 Å². The van der Waals surface area contributed by atoms with Gasteiger partial charge in [-0.3, -0.25) is 0 Å². The number of benzene rings is 1. The highest BCUT2D eigenvalue weighted by Crippen LogP contribution is 2.15. The number of rotatable bonds is 5. The summed E-state index contributed by atoms with van der Waals surface area (Å²) in [5.41, 5.74) is 1.27. The van der Waals surface area contributed by atoms with Gasteiger partial charge in [0.15, 0.2) is 6.10 Å². The highest BCUT2D eigenvalue weighted by Gasteiger charge is 2.14. The summed E-state index contributed by atoms with van der Waals surface area (Å²) in [5.74, 6) is 0.288. The first kappa shape index (κ1) is 15.5. The van der Waals surface area contributed by atoms with Crippen LogP contribution in [-0.2, 0) is 16.1 Å². The van der Waals surface area contributed by atoms with Crippen molar-refractivity contribution in [3.8, 4) is 5.75 Å². The van der Waals surface area contributed by atoms with Crippen LogP contribution in [-0.4, -0.2) is 24.7 Å². The van der Waals surface area contributed by atoms with Gasteiger partial charge in [0.25, 0.3) is 0 Å². The SMILES string of the molecule is COC(=O)C(C)Oc1ccc(CNC(C)(C)C)cc1. The van der Waals surface area contributed by atoms with Crippen molar-refractivity contribution in [2.24, 2.45) is 0 Å². The van der Waals surface area contributed by atoms with Gasteiger partial charge in [-0.25, -0.2) is 4.79 Å². The van der Waals surface area contributed by atoms with E-state index in [-0.39, 0.29) is 11.5 Å². The second kappa shape index (κ2) is 6.57. The zero-order valence-corrected chi connectivity index (χ0v) is 12.3. The van der Waals surface area contributed by atoms with Crippen LogP contribution in [0.2, 0.25) is 0 Å². The standard InChI is InChI=1S/C15H23NO3/c1-11(14(17)18-5)19-13-8-6-12(7-9-13)10-16-15(2,3)4/h6-9,11,16H,10H2,1-5H3. The van der Waals surface area contributed by atoms with Crippen LogP contribution in [0.15, 0.2) is 24.3 Å². The van der Waals surface area contributed by atoms with Crippen molar-refractivity contribution in [1.82, 2.24) is 5.32 Å². The van der Waals surface area contributed by atoms with Crippen LogP contribution in [0.25, 0.3) is 0 Å². The largest absolute Gasteiger partial charge is 0.479 e. The molecule has 0 aliphatic rings. The van der Waals surface area contributed by atoms with Gasteiger partial charge in [-0.05, 0) is 45.4 Å². The number of nitrogens with one attached hydrogen (secondary N) is 1. The zero-order valence-electron chi connectivity index (χ0n) is 12.3. The molecule has 0 spiro atoms. The van der Waals surface area contributed by atoms with Gasteiger partial charge in [0.2, 0.25) is 0 Å². The maximum Gasteiger partial charge on any atom is 0.346 e. The van der Waals surface area contributed by atoms with Gasteiger partial charge in [-0.1, -0.05) is 12.1 Å². The molecule has 1 rings (SSSR count). The molecule has 0 saturated heterocycles. The molecule has 0 aliphatic carbocycles. The molecule has 106 valence electrons. The van der Waals surface area contributed by atoms with E-state index in [2.05, 4.69) is 30.8 Å². The minimum atomic E-state index is -0.594. The fourth-order valence-corrected chi connectivity index (χ4v) is 1.47. The molecule has 0 bridgehead atoms. The Labute approximate surface area is 115 Å². The van der Waals surface area contributed by atoms with Gasteiger partial charge in [0, 0.05) is 12.1 Å². The van der Waals surface area contributed by atoms with Crippen molar-refractivity contribution in [1.29, 1.82) is 0 Å². The summed E-state index contributed by atoms with van der Waals surface area (Å²) in [7, 11) is 1.35. The molecular formula is C15H23NO3. The Kier molecular flexibility index (Phi) is 5.36. The fraction of sp³-hybridized carbons (Fsp3) is 0.533. The van der Waals surface area contributed by atoms with Gasteiger partial charge in [-0.2, -0.15) is 0 Å². The zero-order chi connectivity index (χ0) is 14.5. The van der Waals surface area contributed by atoms with E-state index >= 15 is 0 Å². The first-order chi connectivity index (χ1) is 8.81. The predicted octanol–water partition coefficient (Wildman–Crippen LogP) is 2.52. The van der Waals surface area contributed by atoms with E-state index in [0.29, 0.717) is 5.75 Å². The Balaban J connectivity index is 2.54. The summed E-state index contributed by atoms with van der Waals surface area (Å²) in [6.07, 6.45) is -0.594. The average molecular weight is 265 g/mol. The van der Waals surface area contributed by atoms with Crippen LogP contribution in [0.5, 0.6) is 5.75 Å². The van der Waals surface area contributed by atoms with E-state index in [1.54, 1.807) is 6.92 Å². The second-order valence-electron chi connectivity index (χ2n) is 5.53. The number of carbonyl (C=O) groups excluding carboxylic acids is 1. The predicted molar refractivity (Wildman–Crippen MR) is 75.1 cm³/mol. The van der Waals surface area contributed by atoms with Gasteiger partial charge in [-0.15, -0.1) is 0 Å². The number of hydrogen-bond donors (Lipinski definition) is 1. The van der Waals surface area contributed by atoms with E-state index in [4.69, 9.17) is 4.74 Å². The molecule has 0 heterocycles. The van der Waals surface area contributed by atoms with Crippen molar-refractivity contribution in [3.63, 3.8) is 0 Å². The molecule has 0 saturated carbocycles. The van der Waals surface area contributed by atoms with Crippen LogP contribution in [0.3, 0.4) is 0 Å². The molecule has 1 atom stereocenters. The van der Waals surface area contributed by atoms with Gasteiger partial charge in [0.05, 0.1) is 7.11 Å². The molecular weight excluding hydrogens is 242 g/mol. The Morgan fingerprint density at radius 3 is 2.32 bits per heavy atom. The van der Waals surface area contributed by atoms with Gasteiger partial charge in [0.1, 0.15) is 5.75 Å². The maximum absolute atomic E-state index is 11.2. The highest BCUT2D eigenvalue weighted by molar-refractivity contribution is 5.74. The van der Waals surface area contributed by atoms with E-state index in [1.807, 2.05) is 24.3 Å². The molecule has 0 aliphatic heterocycles. The normalized spacial score (nSPS) is 12.9. The lowest BCUT2D eigenvalue weighted by molar-refractivity contribution is -0.147. The summed E-state index contributed by atoms with van der Waals surface area (Å²) in [4.78, 5) is 11.2. The third-order valence-electron chi connectivity index (χ3n) is 2.59. The van der Waals surface area contributed by atoms with Crippen LogP contribution in [0.4, 0.5) is 0 Å². The van der Waals surface area contributed by atoms with E-state index < -0.39 is 6.10 Å². The van der Waals surface area contributed by atoms with Crippen LogP contribution < -0.4 is 10.1 Å². The van der Waals surface area contributed by atoms with Crippen LogP contribution in [0, 0.1) is 0 Å². The minimum Gasteiger partial charge on any atom is -0.479 e. The molecule has 0 aromatic heterocycles. The van der Waals surface area contributed by atoms with E-state index in [0.717, 1.165) is 6.54 Å². The van der Waals surface area contributed by atoms with Crippen molar-refractivity contribution >= 4 is 5.97 Å². The molecule has 0 fully saturated rings. The Hall–Kier alpha value is -1.55. The average Bonchev–Trinajstić information content (AvgIpc) is 2.36. The number of ether oxygens (including phenoxy) is 2. The fourth-order valence-electron chi connectivity index (χ4n) is 1.47. The lowest BCUT2D eigenvalue weighted by atomic mass is 10.1. The summed E-state index contributed by atoms with van der Waals surface area (Å²) >= 11 is 0. The minimum absolute atomic E-state index is 0.0918.